The van der Waals surface area contributed by atoms with Crippen molar-refractivity contribution in [1.29, 1.82) is 0 Å². The Balaban J connectivity index is 2.33. The first kappa shape index (κ1) is 14.1. The zero-order valence-electron chi connectivity index (χ0n) is 10.2. The molecule has 2 rings (SSSR count). The van der Waals surface area contributed by atoms with Gasteiger partial charge >= 0.3 is 6.36 Å². The zero-order chi connectivity index (χ0) is 14.8. The molecule has 0 aliphatic carbocycles. The van der Waals surface area contributed by atoms with Crippen molar-refractivity contribution < 1.29 is 27.0 Å². The van der Waals surface area contributed by atoms with Gasteiger partial charge in [0.2, 0.25) is 0 Å². The van der Waals surface area contributed by atoms with Crippen LogP contribution in [0.1, 0.15) is 0 Å². The Kier molecular flexibility index (Phi) is 3.78. The van der Waals surface area contributed by atoms with Crippen LogP contribution in [0.25, 0.3) is 11.1 Å². The number of rotatable bonds is 3. The second-order valence-corrected chi connectivity index (χ2v) is 3.77. The second-order valence-electron chi connectivity index (χ2n) is 3.77. The SMILES string of the molecule is COc1c(F)cncc1-c1ccc(OC(F)(F)F)cc1. The van der Waals surface area contributed by atoms with E-state index in [2.05, 4.69) is 9.72 Å². The van der Waals surface area contributed by atoms with Gasteiger partial charge in [0.05, 0.1) is 13.3 Å². The highest BCUT2D eigenvalue weighted by molar-refractivity contribution is 5.70. The van der Waals surface area contributed by atoms with Crippen LogP contribution >= 0.6 is 0 Å². The number of hydrogen-bond acceptors (Lipinski definition) is 3. The average molecular weight is 287 g/mol. The fourth-order valence-corrected chi connectivity index (χ4v) is 1.67. The first-order valence-corrected chi connectivity index (χ1v) is 5.44. The van der Waals surface area contributed by atoms with Gasteiger partial charge in [0, 0.05) is 11.8 Å². The van der Waals surface area contributed by atoms with Crippen LogP contribution < -0.4 is 9.47 Å². The van der Waals surface area contributed by atoms with E-state index in [1.165, 1.54) is 25.4 Å². The summed E-state index contributed by atoms with van der Waals surface area (Å²) in [6, 6.07) is 4.99. The summed E-state index contributed by atoms with van der Waals surface area (Å²) >= 11 is 0. The molecule has 1 aromatic carbocycles. The molecule has 1 aromatic heterocycles. The average Bonchev–Trinajstić information content (AvgIpc) is 2.37. The molecular formula is C13H9F4NO2. The Bertz CT molecular complexity index is 596. The van der Waals surface area contributed by atoms with Crippen molar-refractivity contribution in [2.24, 2.45) is 0 Å². The van der Waals surface area contributed by atoms with E-state index in [9.17, 15) is 17.6 Å². The van der Waals surface area contributed by atoms with Gasteiger partial charge in [-0.15, -0.1) is 13.2 Å². The quantitative estimate of drug-likeness (QED) is 0.805. The fourth-order valence-electron chi connectivity index (χ4n) is 1.67. The third-order valence-electron chi connectivity index (χ3n) is 2.46. The molecule has 2 aromatic rings. The summed E-state index contributed by atoms with van der Waals surface area (Å²) in [7, 11) is 1.29. The number of benzene rings is 1. The lowest BCUT2D eigenvalue weighted by atomic mass is 10.1. The first-order valence-electron chi connectivity index (χ1n) is 5.44. The molecule has 3 nitrogen and oxygen atoms in total. The maximum Gasteiger partial charge on any atom is 0.573 e. The van der Waals surface area contributed by atoms with Crippen molar-refractivity contribution in [3.8, 4) is 22.6 Å². The van der Waals surface area contributed by atoms with Gasteiger partial charge in [-0.2, -0.15) is 0 Å². The summed E-state index contributed by atoms with van der Waals surface area (Å²) in [6.45, 7) is 0. The smallest absolute Gasteiger partial charge is 0.493 e. The van der Waals surface area contributed by atoms with Gasteiger partial charge < -0.3 is 9.47 Å². The number of methoxy groups -OCH3 is 1. The summed E-state index contributed by atoms with van der Waals surface area (Å²) in [5.74, 6) is -1.03. The fraction of sp³-hybridized carbons (Fsp3) is 0.154. The highest BCUT2D eigenvalue weighted by atomic mass is 19.4. The summed E-state index contributed by atoms with van der Waals surface area (Å²) in [5, 5.41) is 0. The number of pyridine rings is 1. The molecule has 0 amide bonds. The maximum absolute atomic E-state index is 13.5. The molecule has 0 atom stereocenters. The van der Waals surface area contributed by atoms with Gasteiger partial charge in [-0.1, -0.05) is 12.1 Å². The van der Waals surface area contributed by atoms with Gasteiger partial charge in [-0.05, 0) is 17.7 Å². The molecule has 0 fully saturated rings. The van der Waals surface area contributed by atoms with E-state index >= 15 is 0 Å². The molecule has 0 spiro atoms. The molecule has 1 heterocycles. The molecule has 0 aliphatic rings. The van der Waals surface area contributed by atoms with E-state index in [1.807, 2.05) is 0 Å². The zero-order valence-corrected chi connectivity index (χ0v) is 10.2. The van der Waals surface area contributed by atoms with Crippen LogP contribution in [0.3, 0.4) is 0 Å². The van der Waals surface area contributed by atoms with Crippen LogP contribution in [0.2, 0.25) is 0 Å². The summed E-state index contributed by atoms with van der Waals surface area (Å²) in [4.78, 5) is 3.68. The van der Waals surface area contributed by atoms with E-state index in [0.29, 0.717) is 11.1 Å². The minimum Gasteiger partial charge on any atom is -0.493 e. The molecule has 0 N–H and O–H groups in total. The minimum absolute atomic E-state index is 0.0236. The highest BCUT2D eigenvalue weighted by Gasteiger charge is 2.31. The Morgan fingerprint density at radius 2 is 1.70 bits per heavy atom. The van der Waals surface area contributed by atoms with Crippen LogP contribution in [0, 0.1) is 5.82 Å². The number of aromatic nitrogens is 1. The normalized spacial score (nSPS) is 11.2. The summed E-state index contributed by atoms with van der Waals surface area (Å²) in [5.41, 5.74) is 0.800. The van der Waals surface area contributed by atoms with Crippen LogP contribution in [-0.2, 0) is 0 Å². The van der Waals surface area contributed by atoms with Crippen molar-refractivity contribution in [1.82, 2.24) is 4.98 Å². The van der Waals surface area contributed by atoms with Gasteiger partial charge in [-0.25, -0.2) is 4.39 Å². The van der Waals surface area contributed by atoms with Crippen molar-refractivity contribution >= 4 is 0 Å². The number of alkyl halides is 3. The van der Waals surface area contributed by atoms with Crippen molar-refractivity contribution in [3.05, 3.63) is 42.5 Å². The molecule has 106 valence electrons. The molecule has 0 unspecified atom stereocenters. The molecule has 0 saturated carbocycles. The Morgan fingerprint density at radius 1 is 1.05 bits per heavy atom. The van der Waals surface area contributed by atoms with Crippen LogP contribution in [-0.4, -0.2) is 18.5 Å². The molecule has 0 aliphatic heterocycles. The molecule has 0 saturated heterocycles. The van der Waals surface area contributed by atoms with Crippen molar-refractivity contribution in [3.63, 3.8) is 0 Å². The van der Waals surface area contributed by atoms with E-state index < -0.39 is 12.2 Å². The Hall–Kier alpha value is -2.31. The van der Waals surface area contributed by atoms with E-state index in [0.717, 1.165) is 18.3 Å². The monoisotopic (exact) mass is 287 g/mol. The van der Waals surface area contributed by atoms with E-state index in [4.69, 9.17) is 4.74 Å². The number of hydrogen-bond donors (Lipinski definition) is 0. The largest absolute Gasteiger partial charge is 0.573 e. The Labute approximate surface area is 111 Å². The van der Waals surface area contributed by atoms with E-state index in [1.54, 1.807) is 0 Å². The summed E-state index contributed by atoms with van der Waals surface area (Å²) in [6.07, 6.45) is -2.40. The lowest BCUT2D eigenvalue weighted by Gasteiger charge is -2.11. The molecular weight excluding hydrogens is 278 g/mol. The third-order valence-corrected chi connectivity index (χ3v) is 2.46. The van der Waals surface area contributed by atoms with Crippen molar-refractivity contribution in [2.75, 3.05) is 7.11 Å². The summed E-state index contributed by atoms with van der Waals surface area (Å²) < 4.78 is 58.2. The van der Waals surface area contributed by atoms with Gasteiger partial charge in [0.25, 0.3) is 0 Å². The molecule has 0 radical (unpaired) electrons. The molecule has 0 bridgehead atoms. The number of halogens is 4. The minimum atomic E-state index is -4.75. The second kappa shape index (κ2) is 5.36. The topological polar surface area (TPSA) is 31.4 Å². The lowest BCUT2D eigenvalue weighted by Crippen LogP contribution is -2.16. The van der Waals surface area contributed by atoms with Crippen LogP contribution in [0.5, 0.6) is 11.5 Å². The van der Waals surface area contributed by atoms with E-state index in [-0.39, 0.29) is 11.5 Å². The third kappa shape index (κ3) is 3.17. The van der Waals surface area contributed by atoms with Gasteiger partial charge in [-0.3, -0.25) is 4.98 Å². The number of nitrogens with zero attached hydrogens (tertiary/aromatic N) is 1. The molecule has 7 heteroatoms. The van der Waals surface area contributed by atoms with Gasteiger partial charge in [0.15, 0.2) is 11.6 Å². The van der Waals surface area contributed by atoms with Crippen molar-refractivity contribution in [2.45, 2.75) is 6.36 Å². The standard InChI is InChI=1S/C13H9F4NO2/c1-19-12-10(6-18-7-11(12)14)8-2-4-9(5-3-8)20-13(15,16)17/h2-7H,1H3. The number of ether oxygens (including phenoxy) is 2. The Morgan fingerprint density at radius 3 is 2.25 bits per heavy atom. The van der Waals surface area contributed by atoms with Crippen LogP contribution in [0.15, 0.2) is 36.7 Å². The predicted molar refractivity (Wildman–Crippen MR) is 62.9 cm³/mol. The highest BCUT2D eigenvalue weighted by Crippen LogP contribution is 2.33. The first-order chi connectivity index (χ1) is 9.40. The predicted octanol–water partition coefficient (Wildman–Crippen LogP) is 3.79. The van der Waals surface area contributed by atoms with Crippen LogP contribution in [0.4, 0.5) is 17.6 Å². The maximum atomic E-state index is 13.5. The van der Waals surface area contributed by atoms with Gasteiger partial charge in [0.1, 0.15) is 5.75 Å². The molecule has 20 heavy (non-hydrogen) atoms. The lowest BCUT2D eigenvalue weighted by molar-refractivity contribution is -0.274.